The minimum absolute atomic E-state index is 0.0301. The first-order valence-electron chi connectivity index (χ1n) is 5.63. The summed E-state index contributed by atoms with van der Waals surface area (Å²) in [6.07, 6.45) is 4.45. The van der Waals surface area contributed by atoms with Crippen molar-refractivity contribution < 1.29 is 0 Å². The molecule has 2 aromatic heterocycles. The second-order valence-corrected chi connectivity index (χ2v) is 4.99. The summed E-state index contributed by atoms with van der Waals surface area (Å²) < 4.78 is 0. The van der Waals surface area contributed by atoms with Gasteiger partial charge < -0.3 is 0 Å². The smallest absolute Gasteiger partial charge is 0.107 e. The summed E-state index contributed by atoms with van der Waals surface area (Å²) >= 11 is 0. The van der Waals surface area contributed by atoms with Gasteiger partial charge in [-0.1, -0.05) is 27.7 Å². The SMILES string of the molecule is CCc1nc2ccncc2nc1C(C)(C)C. The summed E-state index contributed by atoms with van der Waals surface area (Å²) in [5, 5.41) is 0. The molecule has 0 bridgehead atoms. The fourth-order valence-electron chi connectivity index (χ4n) is 1.79. The number of aromatic nitrogens is 3. The Labute approximate surface area is 96.0 Å². The highest BCUT2D eigenvalue weighted by Gasteiger charge is 2.20. The van der Waals surface area contributed by atoms with Crippen LogP contribution in [-0.4, -0.2) is 15.0 Å². The summed E-state index contributed by atoms with van der Waals surface area (Å²) in [6.45, 7) is 8.61. The van der Waals surface area contributed by atoms with Crippen molar-refractivity contribution in [2.24, 2.45) is 0 Å². The summed E-state index contributed by atoms with van der Waals surface area (Å²) in [4.78, 5) is 13.4. The van der Waals surface area contributed by atoms with Crippen LogP contribution in [0.4, 0.5) is 0 Å². The van der Waals surface area contributed by atoms with Crippen molar-refractivity contribution in [1.82, 2.24) is 15.0 Å². The van der Waals surface area contributed by atoms with E-state index in [0.29, 0.717) is 0 Å². The molecule has 2 rings (SSSR count). The largest absolute Gasteiger partial charge is 0.262 e. The number of pyridine rings is 1. The Kier molecular flexibility index (Phi) is 2.62. The van der Waals surface area contributed by atoms with Crippen molar-refractivity contribution in [2.45, 2.75) is 39.5 Å². The zero-order valence-corrected chi connectivity index (χ0v) is 10.3. The van der Waals surface area contributed by atoms with Gasteiger partial charge in [0.25, 0.3) is 0 Å². The lowest BCUT2D eigenvalue weighted by atomic mass is 9.89. The van der Waals surface area contributed by atoms with Gasteiger partial charge in [-0.05, 0) is 12.5 Å². The van der Waals surface area contributed by atoms with Crippen molar-refractivity contribution in [1.29, 1.82) is 0 Å². The van der Waals surface area contributed by atoms with Crippen LogP contribution in [-0.2, 0) is 11.8 Å². The molecule has 0 fully saturated rings. The number of nitrogens with zero attached hydrogens (tertiary/aromatic N) is 3. The molecule has 3 nitrogen and oxygen atoms in total. The maximum Gasteiger partial charge on any atom is 0.107 e. The lowest BCUT2D eigenvalue weighted by molar-refractivity contribution is 0.559. The van der Waals surface area contributed by atoms with Crippen LogP contribution in [0.2, 0.25) is 0 Å². The van der Waals surface area contributed by atoms with Crippen molar-refractivity contribution in [3.05, 3.63) is 29.8 Å². The van der Waals surface area contributed by atoms with Crippen molar-refractivity contribution >= 4 is 11.0 Å². The van der Waals surface area contributed by atoms with Gasteiger partial charge >= 0.3 is 0 Å². The van der Waals surface area contributed by atoms with Gasteiger partial charge in [-0.25, -0.2) is 9.97 Å². The van der Waals surface area contributed by atoms with Crippen LogP contribution in [0.25, 0.3) is 11.0 Å². The third-order valence-electron chi connectivity index (χ3n) is 2.58. The van der Waals surface area contributed by atoms with Crippen LogP contribution in [0.5, 0.6) is 0 Å². The van der Waals surface area contributed by atoms with E-state index in [9.17, 15) is 0 Å². The Morgan fingerprint density at radius 1 is 1.12 bits per heavy atom. The van der Waals surface area contributed by atoms with Gasteiger partial charge in [-0.3, -0.25) is 4.98 Å². The second-order valence-electron chi connectivity index (χ2n) is 4.99. The molecule has 0 N–H and O–H groups in total. The van der Waals surface area contributed by atoms with Crippen LogP contribution in [0.15, 0.2) is 18.5 Å². The van der Waals surface area contributed by atoms with E-state index < -0.39 is 0 Å². The molecule has 2 heterocycles. The Morgan fingerprint density at radius 2 is 1.88 bits per heavy atom. The van der Waals surface area contributed by atoms with Gasteiger partial charge in [0.05, 0.1) is 23.1 Å². The first kappa shape index (κ1) is 11.0. The van der Waals surface area contributed by atoms with Crippen LogP contribution in [0, 0.1) is 0 Å². The summed E-state index contributed by atoms with van der Waals surface area (Å²) in [5.74, 6) is 0. The monoisotopic (exact) mass is 215 g/mol. The Morgan fingerprint density at radius 3 is 2.50 bits per heavy atom. The molecule has 0 saturated heterocycles. The topological polar surface area (TPSA) is 38.7 Å². The molecule has 0 amide bonds. The standard InChI is InChI=1S/C13H17N3/c1-5-9-12(13(2,3)4)16-11-8-14-7-6-10(11)15-9/h6-8H,5H2,1-4H3. The van der Waals surface area contributed by atoms with E-state index in [-0.39, 0.29) is 5.41 Å². The quantitative estimate of drug-likeness (QED) is 0.734. The average molecular weight is 215 g/mol. The summed E-state index contributed by atoms with van der Waals surface area (Å²) in [6, 6.07) is 1.91. The first-order valence-corrected chi connectivity index (χ1v) is 5.63. The lowest BCUT2D eigenvalue weighted by Crippen LogP contribution is -2.17. The molecule has 84 valence electrons. The molecular formula is C13H17N3. The highest BCUT2D eigenvalue weighted by molar-refractivity contribution is 5.73. The van der Waals surface area contributed by atoms with Gasteiger partial charge in [0.1, 0.15) is 5.52 Å². The molecule has 0 aliphatic rings. The third-order valence-corrected chi connectivity index (χ3v) is 2.58. The molecule has 0 spiro atoms. The molecule has 0 aromatic carbocycles. The molecule has 16 heavy (non-hydrogen) atoms. The maximum atomic E-state index is 4.69. The predicted molar refractivity (Wildman–Crippen MR) is 65.4 cm³/mol. The van der Waals surface area contributed by atoms with E-state index in [2.05, 4.69) is 37.7 Å². The molecule has 2 aromatic rings. The zero-order valence-electron chi connectivity index (χ0n) is 10.3. The van der Waals surface area contributed by atoms with E-state index in [1.807, 2.05) is 6.07 Å². The Balaban J connectivity index is 2.73. The minimum atomic E-state index is 0.0301. The zero-order chi connectivity index (χ0) is 11.8. The molecule has 0 aliphatic carbocycles. The summed E-state index contributed by atoms with van der Waals surface area (Å²) in [5.41, 5.74) is 4.01. The first-order chi connectivity index (χ1) is 7.52. The summed E-state index contributed by atoms with van der Waals surface area (Å²) in [7, 11) is 0. The van der Waals surface area contributed by atoms with E-state index in [4.69, 9.17) is 4.98 Å². The van der Waals surface area contributed by atoms with Gasteiger partial charge in [0.2, 0.25) is 0 Å². The molecule has 0 aliphatic heterocycles. The molecular weight excluding hydrogens is 198 g/mol. The van der Waals surface area contributed by atoms with E-state index >= 15 is 0 Å². The molecule has 0 saturated carbocycles. The van der Waals surface area contributed by atoms with Crippen molar-refractivity contribution in [3.63, 3.8) is 0 Å². The van der Waals surface area contributed by atoms with Crippen LogP contribution in [0.3, 0.4) is 0 Å². The fourth-order valence-corrected chi connectivity index (χ4v) is 1.79. The number of fused-ring (bicyclic) bond motifs is 1. The third kappa shape index (κ3) is 1.90. The number of hydrogen-bond acceptors (Lipinski definition) is 3. The van der Waals surface area contributed by atoms with Crippen molar-refractivity contribution in [2.75, 3.05) is 0 Å². The lowest BCUT2D eigenvalue weighted by Gasteiger charge is -2.20. The van der Waals surface area contributed by atoms with Crippen molar-refractivity contribution in [3.8, 4) is 0 Å². The highest BCUT2D eigenvalue weighted by Crippen LogP contribution is 2.25. The Bertz CT molecular complexity index is 512. The van der Waals surface area contributed by atoms with Crippen LogP contribution in [0.1, 0.15) is 39.1 Å². The number of rotatable bonds is 1. The number of hydrogen-bond donors (Lipinski definition) is 0. The highest BCUT2D eigenvalue weighted by atomic mass is 14.9. The van der Waals surface area contributed by atoms with Crippen LogP contribution >= 0.6 is 0 Å². The number of aryl methyl sites for hydroxylation is 1. The average Bonchev–Trinajstić information content (AvgIpc) is 2.26. The van der Waals surface area contributed by atoms with Gasteiger partial charge in [-0.2, -0.15) is 0 Å². The van der Waals surface area contributed by atoms with Gasteiger partial charge in [0, 0.05) is 11.6 Å². The van der Waals surface area contributed by atoms with Crippen LogP contribution < -0.4 is 0 Å². The maximum absolute atomic E-state index is 4.69. The van der Waals surface area contributed by atoms with Gasteiger partial charge in [0.15, 0.2) is 0 Å². The molecule has 0 unspecified atom stereocenters. The Hall–Kier alpha value is -1.51. The molecule has 3 heteroatoms. The molecule has 0 radical (unpaired) electrons. The van der Waals surface area contributed by atoms with Gasteiger partial charge in [-0.15, -0.1) is 0 Å². The molecule has 0 atom stereocenters. The predicted octanol–water partition coefficient (Wildman–Crippen LogP) is 2.88. The minimum Gasteiger partial charge on any atom is -0.262 e. The second kappa shape index (κ2) is 3.81. The normalized spacial score (nSPS) is 12.0. The van der Waals surface area contributed by atoms with E-state index in [0.717, 1.165) is 28.8 Å². The van der Waals surface area contributed by atoms with E-state index in [1.54, 1.807) is 12.4 Å². The van der Waals surface area contributed by atoms with E-state index in [1.165, 1.54) is 0 Å². The fraction of sp³-hybridized carbons (Fsp3) is 0.462.